The number of nitrogens with one attached hydrogen (secondary N) is 1. The van der Waals surface area contributed by atoms with Crippen LogP contribution >= 0.6 is 0 Å². The van der Waals surface area contributed by atoms with Crippen LogP contribution in [0.5, 0.6) is 0 Å². The van der Waals surface area contributed by atoms with Crippen molar-refractivity contribution >= 4 is 5.91 Å². The van der Waals surface area contributed by atoms with Crippen LogP contribution in [-0.4, -0.2) is 11.9 Å². The van der Waals surface area contributed by atoms with Gasteiger partial charge in [-0.05, 0) is 26.0 Å². The summed E-state index contributed by atoms with van der Waals surface area (Å²) in [6.45, 7) is 3.86. The number of nitrogens with two attached hydrogens (primary N) is 1. The Kier molecular flexibility index (Phi) is 1.98. The predicted molar refractivity (Wildman–Crippen MR) is 43.6 cm³/mol. The summed E-state index contributed by atoms with van der Waals surface area (Å²) >= 11 is 0. The molecule has 0 radical (unpaired) electrons. The van der Waals surface area contributed by atoms with Gasteiger partial charge in [0.05, 0.1) is 6.04 Å². The van der Waals surface area contributed by atoms with Crippen LogP contribution in [0, 0.1) is 0 Å². The minimum absolute atomic E-state index is 0.0394. The summed E-state index contributed by atoms with van der Waals surface area (Å²) in [5, 5.41) is 3.10. The number of allylic oxidation sites excluding steroid dienone is 3. The molecular weight excluding hydrogens is 140 g/mol. The Balaban J connectivity index is 2.87. The number of rotatable bonds is 1. The smallest absolute Gasteiger partial charge is 0.246 e. The molecule has 0 aliphatic carbocycles. The molecule has 1 heterocycles. The van der Waals surface area contributed by atoms with E-state index in [2.05, 4.69) is 5.32 Å². The van der Waals surface area contributed by atoms with Gasteiger partial charge in [0.2, 0.25) is 5.91 Å². The third-order valence-corrected chi connectivity index (χ3v) is 1.71. The van der Waals surface area contributed by atoms with Gasteiger partial charge in [0, 0.05) is 11.3 Å². The van der Waals surface area contributed by atoms with Crippen LogP contribution in [-0.2, 0) is 4.79 Å². The van der Waals surface area contributed by atoms with E-state index >= 15 is 0 Å². The van der Waals surface area contributed by atoms with E-state index in [0.29, 0.717) is 5.57 Å². The highest BCUT2D eigenvalue weighted by Gasteiger charge is 2.15. The average molecular weight is 152 g/mol. The molecule has 0 aromatic rings. The predicted octanol–water partition coefficient (Wildman–Crippen LogP) is 0.294. The molecular formula is C8H12N2O. The van der Waals surface area contributed by atoms with E-state index in [-0.39, 0.29) is 11.9 Å². The maximum Gasteiger partial charge on any atom is 0.246 e. The van der Waals surface area contributed by atoms with Gasteiger partial charge in [0.15, 0.2) is 0 Å². The summed E-state index contributed by atoms with van der Waals surface area (Å²) in [6, 6.07) is 0.0394. The van der Waals surface area contributed by atoms with Crippen molar-refractivity contribution in [2.45, 2.75) is 19.9 Å². The maximum atomic E-state index is 10.8. The highest BCUT2D eigenvalue weighted by Crippen LogP contribution is 2.09. The van der Waals surface area contributed by atoms with Gasteiger partial charge in [-0.15, -0.1) is 0 Å². The lowest BCUT2D eigenvalue weighted by Gasteiger charge is -2.20. The molecule has 0 saturated heterocycles. The zero-order valence-electron chi connectivity index (χ0n) is 6.72. The summed E-state index contributed by atoms with van der Waals surface area (Å²) in [7, 11) is 0. The molecule has 0 aromatic heterocycles. The first kappa shape index (κ1) is 7.85. The number of hydrogen-bond acceptors (Lipinski definition) is 2. The second-order valence-corrected chi connectivity index (χ2v) is 2.70. The molecule has 1 aliphatic rings. The van der Waals surface area contributed by atoms with Gasteiger partial charge < -0.3 is 11.1 Å². The quantitative estimate of drug-likeness (QED) is 0.567. The van der Waals surface area contributed by atoms with Crippen molar-refractivity contribution in [3.05, 3.63) is 23.4 Å². The number of primary amides is 1. The standard InChI is InChI=1S/C8H12N2O/c1-5-3-4-7(8(9)11)6(2)10-5/h3-4,6,10H,1-2H3,(H2,9,11). The van der Waals surface area contributed by atoms with E-state index in [0.717, 1.165) is 5.70 Å². The van der Waals surface area contributed by atoms with Crippen LogP contribution in [0.25, 0.3) is 0 Å². The fraction of sp³-hybridized carbons (Fsp3) is 0.375. The molecule has 1 unspecified atom stereocenters. The molecule has 0 saturated carbocycles. The van der Waals surface area contributed by atoms with Crippen molar-refractivity contribution in [2.75, 3.05) is 0 Å². The minimum atomic E-state index is -0.353. The monoisotopic (exact) mass is 152 g/mol. The molecule has 0 bridgehead atoms. The third kappa shape index (κ3) is 1.61. The second-order valence-electron chi connectivity index (χ2n) is 2.70. The van der Waals surface area contributed by atoms with Crippen LogP contribution in [0.2, 0.25) is 0 Å². The second kappa shape index (κ2) is 2.78. The Hall–Kier alpha value is -1.25. The summed E-state index contributed by atoms with van der Waals surface area (Å²) in [5.41, 5.74) is 6.82. The highest BCUT2D eigenvalue weighted by atomic mass is 16.1. The van der Waals surface area contributed by atoms with Crippen LogP contribution in [0.1, 0.15) is 13.8 Å². The lowest BCUT2D eigenvalue weighted by Crippen LogP contribution is -2.34. The Bertz CT molecular complexity index is 240. The van der Waals surface area contributed by atoms with Crippen LogP contribution < -0.4 is 11.1 Å². The molecule has 3 nitrogen and oxygen atoms in total. The Morgan fingerprint density at radius 1 is 1.64 bits per heavy atom. The number of dihydropyridines is 1. The van der Waals surface area contributed by atoms with Crippen molar-refractivity contribution < 1.29 is 4.79 Å². The molecule has 1 aliphatic heterocycles. The lowest BCUT2D eigenvalue weighted by atomic mass is 10.0. The zero-order chi connectivity index (χ0) is 8.43. The van der Waals surface area contributed by atoms with E-state index in [1.54, 1.807) is 6.08 Å². The summed E-state index contributed by atoms with van der Waals surface area (Å²) < 4.78 is 0. The molecule has 1 rings (SSSR count). The van der Waals surface area contributed by atoms with Crippen molar-refractivity contribution in [1.82, 2.24) is 5.32 Å². The summed E-state index contributed by atoms with van der Waals surface area (Å²) in [6.07, 6.45) is 3.61. The molecule has 0 aromatic carbocycles. The third-order valence-electron chi connectivity index (χ3n) is 1.71. The Labute approximate surface area is 66.0 Å². The summed E-state index contributed by atoms with van der Waals surface area (Å²) in [4.78, 5) is 10.8. The van der Waals surface area contributed by atoms with E-state index in [9.17, 15) is 4.79 Å². The van der Waals surface area contributed by atoms with Gasteiger partial charge in [-0.2, -0.15) is 0 Å². The van der Waals surface area contributed by atoms with Crippen LogP contribution in [0.4, 0.5) is 0 Å². The zero-order valence-corrected chi connectivity index (χ0v) is 6.72. The fourth-order valence-corrected chi connectivity index (χ4v) is 1.12. The van der Waals surface area contributed by atoms with Gasteiger partial charge in [0.1, 0.15) is 0 Å². The largest absolute Gasteiger partial charge is 0.382 e. The van der Waals surface area contributed by atoms with Crippen molar-refractivity contribution in [3.8, 4) is 0 Å². The molecule has 11 heavy (non-hydrogen) atoms. The van der Waals surface area contributed by atoms with Gasteiger partial charge in [-0.1, -0.05) is 0 Å². The molecule has 1 amide bonds. The van der Waals surface area contributed by atoms with E-state index in [1.165, 1.54) is 0 Å². The Morgan fingerprint density at radius 2 is 2.27 bits per heavy atom. The normalized spacial score (nSPS) is 23.3. The average Bonchev–Trinajstić information content (AvgIpc) is 1.85. The van der Waals surface area contributed by atoms with Gasteiger partial charge in [0.25, 0.3) is 0 Å². The van der Waals surface area contributed by atoms with Gasteiger partial charge in [-0.3, -0.25) is 4.79 Å². The maximum absolute atomic E-state index is 10.8. The van der Waals surface area contributed by atoms with Gasteiger partial charge >= 0.3 is 0 Å². The van der Waals surface area contributed by atoms with E-state index in [4.69, 9.17) is 5.73 Å². The van der Waals surface area contributed by atoms with Crippen LogP contribution in [0.3, 0.4) is 0 Å². The van der Waals surface area contributed by atoms with E-state index < -0.39 is 0 Å². The molecule has 3 N–H and O–H groups in total. The number of carbonyl (C=O) groups excluding carboxylic acids is 1. The molecule has 60 valence electrons. The molecule has 1 atom stereocenters. The number of carbonyl (C=O) groups is 1. The molecule has 0 spiro atoms. The van der Waals surface area contributed by atoms with Gasteiger partial charge in [-0.25, -0.2) is 0 Å². The fourth-order valence-electron chi connectivity index (χ4n) is 1.12. The van der Waals surface area contributed by atoms with Crippen LogP contribution in [0.15, 0.2) is 23.4 Å². The molecule has 3 heteroatoms. The highest BCUT2D eigenvalue weighted by molar-refractivity contribution is 5.93. The topological polar surface area (TPSA) is 55.1 Å². The van der Waals surface area contributed by atoms with E-state index in [1.807, 2.05) is 19.9 Å². The lowest BCUT2D eigenvalue weighted by molar-refractivity contribution is -0.114. The first-order chi connectivity index (χ1) is 5.11. The molecule has 0 fully saturated rings. The SMILES string of the molecule is CC1=CC=C(C(N)=O)C(C)N1. The van der Waals surface area contributed by atoms with Crippen molar-refractivity contribution in [1.29, 1.82) is 0 Å². The van der Waals surface area contributed by atoms with Crippen molar-refractivity contribution in [2.24, 2.45) is 5.73 Å². The minimum Gasteiger partial charge on any atom is -0.382 e. The summed E-state index contributed by atoms with van der Waals surface area (Å²) in [5.74, 6) is -0.353. The first-order valence-corrected chi connectivity index (χ1v) is 3.56. The number of amides is 1. The Morgan fingerprint density at radius 3 is 2.73 bits per heavy atom. The van der Waals surface area contributed by atoms with Crippen molar-refractivity contribution in [3.63, 3.8) is 0 Å². The first-order valence-electron chi connectivity index (χ1n) is 3.56. The number of hydrogen-bond donors (Lipinski definition) is 2.